The lowest BCUT2D eigenvalue weighted by atomic mass is 9.96. The van der Waals surface area contributed by atoms with Crippen LogP contribution in [0, 0.1) is 5.82 Å². The molecule has 0 aliphatic carbocycles. The molecule has 0 radical (unpaired) electrons. The van der Waals surface area contributed by atoms with Crippen molar-refractivity contribution in [3.05, 3.63) is 72.2 Å². The summed E-state index contributed by atoms with van der Waals surface area (Å²) in [6.07, 6.45) is 3.80. The van der Waals surface area contributed by atoms with E-state index < -0.39 is 0 Å². The van der Waals surface area contributed by atoms with E-state index in [1.165, 1.54) is 12.1 Å². The van der Waals surface area contributed by atoms with Crippen LogP contribution in [-0.2, 0) is 4.79 Å². The van der Waals surface area contributed by atoms with Gasteiger partial charge in [0.2, 0.25) is 0 Å². The third-order valence-electron chi connectivity index (χ3n) is 4.18. The Bertz CT molecular complexity index is 927. The zero-order chi connectivity index (χ0) is 16.5. The summed E-state index contributed by atoms with van der Waals surface area (Å²) in [5.41, 5.74) is 3.35. The lowest BCUT2D eigenvalue weighted by Crippen LogP contribution is -2.40. The molecule has 4 rings (SSSR count). The standard InChI is InChI=1S/C19H16FN3O/c20-12-4-6-13(7-5-12)23-14-10-17(19(24)22-11-14)15-2-1-3-18-16(15)8-9-21-18/h1-10,14,21,23H,11H2,(H,22,24). The molecule has 1 unspecified atom stereocenters. The summed E-state index contributed by atoms with van der Waals surface area (Å²) in [7, 11) is 0. The van der Waals surface area contributed by atoms with Crippen LogP contribution in [0.1, 0.15) is 5.56 Å². The zero-order valence-corrected chi connectivity index (χ0v) is 12.8. The van der Waals surface area contributed by atoms with Crippen molar-refractivity contribution in [2.45, 2.75) is 6.04 Å². The minimum atomic E-state index is -0.270. The van der Waals surface area contributed by atoms with Crippen LogP contribution < -0.4 is 10.6 Å². The van der Waals surface area contributed by atoms with Crippen LogP contribution in [0.25, 0.3) is 16.5 Å². The minimum absolute atomic E-state index is 0.0580. The van der Waals surface area contributed by atoms with Gasteiger partial charge in [-0.2, -0.15) is 0 Å². The molecule has 1 aliphatic heterocycles. The van der Waals surface area contributed by atoms with Crippen LogP contribution in [-0.4, -0.2) is 23.5 Å². The predicted molar refractivity (Wildman–Crippen MR) is 93.1 cm³/mol. The number of halogens is 1. The molecule has 0 bridgehead atoms. The molecule has 1 atom stereocenters. The van der Waals surface area contributed by atoms with Crippen LogP contribution in [0.5, 0.6) is 0 Å². The Balaban J connectivity index is 1.68. The van der Waals surface area contributed by atoms with E-state index in [0.29, 0.717) is 12.1 Å². The van der Waals surface area contributed by atoms with Gasteiger partial charge in [-0.05, 0) is 48.0 Å². The Labute approximate surface area is 138 Å². The topological polar surface area (TPSA) is 56.9 Å². The maximum absolute atomic E-state index is 13.0. The van der Waals surface area contributed by atoms with Gasteiger partial charge in [0.25, 0.3) is 5.91 Å². The van der Waals surface area contributed by atoms with Crippen LogP contribution in [0.3, 0.4) is 0 Å². The number of amides is 1. The van der Waals surface area contributed by atoms with E-state index >= 15 is 0 Å². The van der Waals surface area contributed by atoms with Gasteiger partial charge in [0, 0.05) is 34.9 Å². The van der Waals surface area contributed by atoms with Gasteiger partial charge in [-0.3, -0.25) is 4.79 Å². The van der Waals surface area contributed by atoms with E-state index in [9.17, 15) is 9.18 Å². The number of aromatic amines is 1. The second-order valence-corrected chi connectivity index (χ2v) is 5.79. The summed E-state index contributed by atoms with van der Waals surface area (Å²) in [5, 5.41) is 7.23. The van der Waals surface area contributed by atoms with E-state index in [-0.39, 0.29) is 17.8 Å². The first kappa shape index (κ1) is 14.5. The number of rotatable bonds is 3. The van der Waals surface area contributed by atoms with Crippen LogP contribution in [0.15, 0.2) is 60.8 Å². The van der Waals surface area contributed by atoms with Crippen molar-refractivity contribution in [1.29, 1.82) is 0 Å². The molecule has 3 N–H and O–H groups in total. The maximum Gasteiger partial charge on any atom is 0.251 e. The van der Waals surface area contributed by atoms with Gasteiger partial charge in [-0.15, -0.1) is 0 Å². The molecule has 24 heavy (non-hydrogen) atoms. The first-order chi connectivity index (χ1) is 11.7. The second-order valence-electron chi connectivity index (χ2n) is 5.79. The number of benzene rings is 2. The smallest absolute Gasteiger partial charge is 0.251 e. The summed E-state index contributed by atoms with van der Waals surface area (Å²) in [6.45, 7) is 0.489. The number of aromatic nitrogens is 1. The molecule has 120 valence electrons. The SMILES string of the molecule is O=C1NCC(Nc2ccc(F)cc2)C=C1c1cccc2[nH]ccc12. The minimum Gasteiger partial charge on any atom is -0.377 e. The first-order valence-electron chi connectivity index (χ1n) is 7.79. The molecule has 5 heteroatoms. The van der Waals surface area contributed by atoms with Crippen molar-refractivity contribution < 1.29 is 9.18 Å². The monoisotopic (exact) mass is 321 g/mol. The van der Waals surface area contributed by atoms with E-state index in [2.05, 4.69) is 15.6 Å². The molecule has 2 heterocycles. The molecule has 0 saturated carbocycles. The lowest BCUT2D eigenvalue weighted by Gasteiger charge is -2.24. The van der Waals surface area contributed by atoms with Gasteiger partial charge in [-0.25, -0.2) is 4.39 Å². The highest BCUT2D eigenvalue weighted by molar-refractivity contribution is 6.23. The number of anilines is 1. The molecule has 1 amide bonds. The molecule has 4 nitrogen and oxygen atoms in total. The Morgan fingerprint density at radius 3 is 2.75 bits per heavy atom. The summed E-state index contributed by atoms with van der Waals surface area (Å²) >= 11 is 0. The van der Waals surface area contributed by atoms with E-state index in [1.54, 1.807) is 12.1 Å². The van der Waals surface area contributed by atoms with Gasteiger partial charge in [0.1, 0.15) is 5.82 Å². The number of carbonyl (C=O) groups is 1. The number of carbonyl (C=O) groups excluding carboxylic acids is 1. The van der Waals surface area contributed by atoms with Crippen molar-refractivity contribution in [2.75, 3.05) is 11.9 Å². The Morgan fingerprint density at radius 1 is 1.08 bits per heavy atom. The molecule has 0 fully saturated rings. The fourth-order valence-electron chi connectivity index (χ4n) is 3.02. The van der Waals surface area contributed by atoms with Gasteiger partial charge in [-0.1, -0.05) is 12.1 Å². The molecule has 1 aromatic heterocycles. The number of H-pyrrole nitrogens is 1. The Kier molecular flexibility index (Phi) is 3.54. The van der Waals surface area contributed by atoms with Crippen molar-refractivity contribution in [3.63, 3.8) is 0 Å². The average molecular weight is 321 g/mol. The predicted octanol–water partition coefficient (Wildman–Crippen LogP) is 3.30. The highest BCUT2D eigenvalue weighted by Gasteiger charge is 2.22. The average Bonchev–Trinajstić information content (AvgIpc) is 3.07. The second kappa shape index (κ2) is 5.85. The highest BCUT2D eigenvalue weighted by Crippen LogP contribution is 2.27. The Hall–Kier alpha value is -3.08. The van der Waals surface area contributed by atoms with Crippen molar-refractivity contribution in [1.82, 2.24) is 10.3 Å². The summed E-state index contributed by atoms with van der Waals surface area (Å²) in [4.78, 5) is 15.5. The number of fused-ring (bicyclic) bond motifs is 1. The molecular weight excluding hydrogens is 305 g/mol. The third kappa shape index (κ3) is 2.65. The summed E-state index contributed by atoms with van der Waals surface area (Å²) in [5.74, 6) is -0.353. The molecule has 1 aliphatic rings. The van der Waals surface area contributed by atoms with Gasteiger partial charge >= 0.3 is 0 Å². The maximum atomic E-state index is 13.0. The van der Waals surface area contributed by atoms with Crippen LogP contribution in [0.2, 0.25) is 0 Å². The lowest BCUT2D eigenvalue weighted by molar-refractivity contribution is -0.115. The van der Waals surface area contributed by atoms with Crippen LogP contribution in [0.4, 0.5) is 10.1 Å². The van der Waals surface area contributed by atoms with Gasteiger partial charge in [0.15, 0.2) is 0 Å². The fraction of sp³-hybridized carbons (Fsp3) is 0.105. The molecule has 2 aromatic carbocycles. The van der Waals surface area contributed by atoms with E-state index in [0.717, 1.165) is 22.2 Å². The quantitative estimate of drug-likeness (QED) is 0.693. The molecule has 0 spiro atoms. The van der Waals surface area contributed by atoms with Crippen molar-refractivity contribution in [2.24, 2.45) is 0 Å². The number of nitrogens with one attached hydrogen (secondary N) is 3. The number of hydrogen-bond acceptors (Lipinski definition) is 2. The summed E-state index contributed by atoms with van der Waals surface area (Å²) < 4.78 is 13.0. The van der Waals surface area contributed by atoms with E-state index in [1.807, 2.05) is 36.5 Å². The number of hydrogen-bond donors (Lipinski definition) is 3. The van der Waals surface area contributed by atoms with Crippen molar-refractivity contribution >= 4 is 28.1 Å². The first-order valence-corrected chi connectivity index (χ1v) is 7.79. The van der Waals surface area contributed by atoms with Crippen molar-refractivity contribution in [3.8, 4) is 0 Å². The van der Waals surface area contributed by atoms with E-state index in [4.69, 9.17) is 0 Å². The van der Waals surface area contributed by atoms with Gasteiger partial charge < -0.3 is 15.6 Å². The van der Waals surface area contributed by atoms with Crippen LogP contribution >= 0.6 is 0 Å². The highest BCUT2D eigenvalue weighted by atomic mass is 19.1. The van der Waals surface area contributed by atoms with Gasteiger partial charge in [0.05, 0.1) is 6.04 Å². The molecule has 3 aromatic rings. The summed E-state index contributed by atoms with van der Waals surface area (Å²) in [6, 6.07) is 14.0. The normalized spacial score (nSPS) is 17.5. The zero-order valence-electron chi connectivity index (χ0n) is 12.8. The molecular formula is C19H16FN3O. The molecule has 0 saturated heterocycles. The largest absolute Gasteiger partial charge is 0.377 e. The fourth-order valence-corrected chi connectivity index (χ4v) is 3.02. The third-order valence-corrected chi connectivity index (χ3v) is 4.18. The Morgan fingerprint density at radius 2 is 1.92 bits per heavy atom.